The van der Waals surface area contributed by atoms with Crippen molar-refractivity contribution in [1.29, 1.82) is 0 Å². The van der Waals surface area contributed by atoms with E-state index in [1.807, 2.05) is 12.8 Å². The molecule has 7 nitrogen and oxygen atoms in total. The van der Waals surface area contributed by atoms with E-state index in [2.05, 4.69) is 108 Å². The summed E-state index contributed by atoms with van der Waals surface area (Å²) < 4.78 is 34.4. The van der Waals surface area contributed by atoms with Gasteiger partial charge in [0.1, 0.15) is 0 Å². The van der Waals surface area contributed by atoms with Crippen molar-refractivity contribution in [3.05, 3.63) is 99.9 Å². The molecule has 0 aliphatic carbocycles. The summed E-state index contributed by atoms with van der Waals surface area (Å²) in [6.07, 6.45) is 15.0. The van der Waals surface area contributed by atoms with Crippen LogP contribution in [0.5, 0.6) is 0 Å². The minimum Gasteiger partial charge on any atom is 0 e. The topological polar surface area (TPSA) is 115 Å². The van der Waals surface area contributed by atoms with Gasteiger partial charge in [0.05, 0.1) is 12.2 Å². The smallest absolute Gasteiger partial charge is 0 e. The van der Waals surface area contributed by atoms with Crippen LogP contribution in [0.2, 0.25) is 5.04 Å². The molecule has 0 bridgehead atoms. The molecule has 253 valence electrons. The Labute approximate surface area is 290 Å². The van der Waals surface area contributed by atoms with Gasteiger partial charge in [0.25, 0.3) is 8.32 Å². The standard InChI is InChI=1S/C34H50O4Si.3CO.Fe/c1-5-6-22-31(37-29-35)23-19-21-30(36)20-13-9-7-8-10-18-28-38-39(34(2,3)4,32-24-14-11-15-25-32)33-26-16-12-17-27-33;3*1-2;/h11-12,14-17,19,21,23-27,30-31,36H,5-10,13,18,20,22,28H2,1-4H3;;;;/q-1;;;;/t30-,31+;;;;/m0..../s1. The van der Waals surface area contributed by atoms with Gasteiger partial charge >= 0.3 is 33.9 Å². The molecule has 2 atom stereocenters. The molecule has 0 heterocycles. The van der Waals surface area contributed by atoms with Gasteiger partial charge in [-0.2, -0.15) is 0 Å². The van der Waals surface area contributed by atoms with Crippen molar-refractivity contribution in [3.8, 4) is 0 Å². The van der Waals surface area contributed by atoms with Gasteiger partial charge < -0.3 is 19.1 Å². The predicted octanol–water partition coefficient (Wildman–Crippen LogP) is 6.80. The molecule has 0 unspecified atom stereocenters. The molecule has 0 saturated heterocycles. The Bertz CT molecular complexity index is 969. The van der Waals surface area contributed by atoms with Crippen molar-refractivity contribution in [1.82, 2.24) is 0 Å². The van der Waals surface area contributed by atoms with Crippen molar-refractivity contribution in [2.24, 2.45) is 0 Å². The van der Waals surface area contributed by atoms with Crippen LogP contribution in [0, 0.1) is 39.2 Å². The molecule has 9 heteroatoms. The molecule has 2 aromatic carbocycles. The SMILES string of the molecule is CCCC[C@H]([CH][CH][CH][C@@H](O)CCCCCCCCO[Si](c1ccccc1)(c1ccccc1)C(C)(C)C)O[C-]=O.[C-]#[O+].[C-]#[O+].[C-]#[O+].[Fe]. The average molecular weight is 691 g/mol. The van der Waals surface area contributed by atoms with Gasteiger partial charge in [-0.1, -0.05) is 140 Å². The Morgan fingerprint density at radius 2 is 1.26 bits per heavy atom. The van der Waals surface area contributed by atoms with E-state index in [1.54, 1.807) is 6.42 Å². The minimum absolute atomic E-state index is 0. The van der Waals surface area contributed by atoms with E-state index in [1.165, 1.54) is 29.7 Å². The third kappa shape index (κ3) is 18.8. The van der Waals surface area contributed by atoms with Crippen molar-refractivity contribution in [2.45, 2.75) is 109 Å². The molecule has 0 aliphatic heterocycles. The number of aliphatic hydroxyl groups is 1. The number of ether oxygens (including phenoxy) is 1. The second kappa shape index (κ2) is 31.4. The second-order valence-electron chi connectivity index (χ2n) is 11.4. The summed E-state index contributed by atoms with van der Waals surface area (Å²) in [6, 6.07) is 21.7. The van der Waals surface area contributed by atoms with Crippen LogP contribution in [0.25, 0.3) is 0 Å². The zero-order valence-corrected chi connectivity index (χ0v) is 29.8. The molecule has 2 rings (SSSR count). The van der Waals surface area contributed by atoms with Gasteiger partial charge in [-0.05, 0) is 47.5 Å². The number of benzene rings is 2. The summed E-state index contributed by atoms with van der Waals surface area (Å²) in [4.78, 5) is 10.5. The first-order valence-electron chi connectivity index (χ1n) is 15.4. The Morgan fingerprint density at radius 1 is 0.783 bits per heavy atom. The summed E-state index contributed by atoms with van der Waals surface area (Å²) in [5.41, 5.74) is 0. The fraction of sp³-hybridized carbons (Fsp3) is 0.486. The zero-order chi connectivity index (χ0) is 34.4. The molecule has 0 spiro atoms. The van der Waals surface area contributed by atoms with Gasteiger partial charge in [0, 0.05) is 30.1 Å². The number of hydrogen-bond acceptors (Lipinski definition) is 4. The summed E-state index contributed by atoms with van der Waals surface area (Å²) >= 11 is 0. The largest absolute Gasteiger partial charge is 0 e. The van der Waals surface area contributed by atoms with Crippen LogP contribution >= 0.6 is 0 Å². The van der Waals surface area contributed by atoms with Crippen LogP contribution in [0.1, 0.15) is 91.9 Å². The van der Waals surface area contributed by atoms with Crippen molar-refractivity contribution >= 4 is 25.2 Å². The van der Waals surface area contributed by atoms with Crippen molar-refractivity contribution in [2.75, 3.05) is 6.61 Å². The molecular formula is C37H50FeO7Si-. The van der Waals surface area contributed by atoms with E-state index in [0.717, 1.165) is 58.0 Å². The van der Waals surface area contributed by atoms with Crippen LogP contribution in [-0.4, -0.2) is 38.7 Å². The number of hydrogen-bond donors (Lipinski definition) is 1. The van der Waals surface area contributed by atoms with Crippen LogP contribution in [0.15, 0.2) is 60.7 Å². The first kappa shape index (κ1) is 48.2. The Morgan fingerprint density at radius 3 is 1.72 bits per heavy atom. The van der Waals surface area contributed by atoms with E-state index < -0.39 is 14.4 Å². The second-order valence-corrected chi connectivity index (χ2v) is 15.8. The fourth-order valence-electron chi connectivity index (χ4n) is 5.22. The average Bonchev–Trinajstić information content (AvgIpc) is 3.07. The van der Waals surface area contributed by atoms with Gasteiger partial charge in [0.2, 0.25) is 0 Å². The third-order valence-electron chi connectivity index (χ3n) is 7.33. The first-order chi connectivity index (χ1) is 21.8. The molecule has 0 fully saturated rings. The molecule has 3 radical (unpaired) electrons. The van der Waals surface area contributed by atoms with E-state index >= 15 is 0 Å². The quantitative estimate of drug-likeness (QED) is 0.0672. The molecule has 0 saturated carbocycles. The van der Waals surface area contributed by atoms with E-state index in [4.69, 9.17) is 23.1 Å². The summed E-state index contributed by atoms with van der Waals surface area (Å²) in [6.45, 7) is 24.9. The number of unbranched alkanes of at least 4 members (excludes halogenated alkanes) is 6. The maximum absolute atomic E-state index is 10.5. The van der Waals surface area contributed by atoms with E-state index in [-0.39, 0.29) is 28.2 Å². The Kier molecular flexibility index (Phi) is 32.9. The van der Waals surface area contributed by atoms with Crippen LogP contribution in [0.3, 0.4) is 0 Å². The molecule has 0 aromatic heterocycles. The maximum Gasteiger partial charge on any atom is 0 e. The van der Waals surface area contributed by atoms with Gasteiger partial charge in [-0.25, -0.2) is 0 Å². The van der Waals surface area contributed by atoms with Crippen LogP contribution in [-0.2, 0) is 45.0 Å². The third-order valence-corrected chi connectivity index (χ3v) is 12.4. The summed E-state index contributed by atoms with van der Waals surface area (Å²) in [5, 5.41) is 12.9. The molecular weight excluding hydrogens is 640 g/mol. The fourth-order valence-corrected chi connectivity index (χ4v) is 9.83. The van der Waals surface area contributed by atoms with Crippen LogP contribution in [0.4, 0.5) is 0 Å². The first-order valence-corrected chi connectivity index (χ1v) is 17.3. The summed E-state index contributed by atoms with van der Waals surface area (Å²) in [7, 11) is -2.44. The maximum atomic E-state index is 10.5. The molecule has 0 amide bonds. The number of rotatable bonds is 21. The van der Waals surface area contributed by atoms with E-state index in [0.29, 0.717) is 0 Å². The zero-order valence-electron chi connectivity index (χ0n) is 27.7. The molecule has 46 heavy (non-hydrogen) atoms. The Balaban J connectivity index is -0.00000249. The van der Waals surface area contributed by atoms with Crippen molar-refractivity contribution in [3.63, 3.8) is 0 Å². The van der Waals surface area contributed by atoms with Crippen molar-refractivity contribution < 1.29 is 50.1 Å². The van der Waals surface area contributed by atoms with Gasteiger partial charge in [0.15, 0.2) is 0 Å². The summed E-state index contributed by atoms with van der Waals surface area (Å²) in [5.74, 6) is 0. The molecule has 1 N–H and O–H groups in total. The number of aliphatic hydroxyl groups excluding tert-OH is 1. The Hall–Kier alpha value is -2.21. The van der Waals surface area contributed by atoms with Gasteiger partial charge in [-0.3, -0.25) is 0 Å². The predicted molar refractivity (Wildman–Crippen MR) is 177 cm³/mol. The normalized spacial score (nSPS) is 11.7. The molecule has 0 aliphatic rings. The molecule has 2 aromatic rings. The van der Waals surface area contributed by atoms with Gasteiger partial charge in [-0.15, -0.1) is 0 Å². The number of carbonyl (C=O) groups excluding carboxylic acids is 1. The monoisotopic (exact) mass is 690 g/mol. The van der Waals surface area contributed by atoms with E-state index in [9.17, 15) is 9.90 Å². The minimum atomic E-state index is -2.44. The van der Waals surface area contributed by atoms with Crippen LogP contribution < -0.4 is 10.4 Å².